The first kappa shape index (κ1) is 17.5. The Balaban J connectivity index is 1.72. The van der Waals surface area contributed by atoms with Gasteiger partial charge in [-0.3, -0.25) is 4.79 Å². The molecule has 1 N–H and O–H groups in total. The Hall–Kier alpha value is -1.96. The molecule has 7 heteroatoms. The molecule has 0 bridgehead atoms. The van der Waals surface area contributed by atoms with Crippen LogP contribution in [-0.4, -0.2) is 9.97 Å². The predicted molar refractivity (Wildman–Crippen MR) is 109 cm³/mol. The normalized spacial score (nSPS) is 11.3. The molecule has 0 fully saturated rings. The van der Waals surface area contributed by atoms with Gasteiger partial charge in [0.15, 0.2) is 5.16 Å². The van der Waals surface area contributed by atoms with Crippen LogP contribution in [0.3, 0.4) is 0 Å². The molecule has 26 heavy (non-hydrogen) atoms. The highest BCUT2D eigenvalue weighted by Crippen LogP contribution is 2.39. The van der Waals surface area contributed by atoms with E-state index in [0.717, 1.165) is 27.3 Å². The average molecular weight is 403 g/mol. The van der Waals surface area contributed by atoms with Crippen LogP contribution in [0.2, 0.25) is 0 Å². The summed E-state index contributed by atoms with van der Waals surface area (Å²) < 4.78 is 13.3. The lowest BCUT2D eigenvalue weighted by Gasteiger charge is -2.02. The highest BCUT2D eigenvalue weighted by atomic mass is 32.2. The molecule has 3 heterocycles. The number of hydrogen-bond acceptors (Lipinski definition) is 5. The lowest BCUT2D eigenvalue weighted by Crippen LogP contribution is -2.08. The number of hydrogen-bond donors (Lipinski definition) is 1. The van der Waals surface area contributed by atoms with E-state index in [1.54, 1.807) is 28.7 Å². The minimum atomic E-state index is -0.258. The van der Waals surface area contributed by atoms with Gasteiger partial charge in [-0.1, -0.05) is 36.9 Å². The molecule has 0 spiro atoms. The molecule has 0 atom stereocenters. The highest BCUT2D eigenvalue weighted by Gasteiger charge is 2.18. The molecule has 0 saturated heterocycles. The number of fused-ring (bicyclic) bond motifs is 1. The van der Waals surface area contributed by atoms with Crippen molar-refractivity contribution in [2.45, 2.75) is 24.3 Å². The monoisotopic (exact) mass is 402 g/mol. The van der Waals surface area contributed by atoms with E-state index in [1.807, 2.05) is 23.6 Å². The van der Waals surface area contributed by atoms with Crippen molar-refractivity contribution in [3.05, 3.63) is 68.4 Å². The topological polar surface area (TPSA) is 45.8 Å². The number of H-pyrrole nitrogens is 1. The van der Waals surface area contributed by atoms with Crippen molar-refractivity contribution in [2.75, 3.05) is 0 Å². The SMILES string of the molecule is CCc1sc2nc(SCc3cccc(F)c3)[nH]c(=O)c2c1-c1cccs1. The van der Waals surface area contributed by atoms with Crippen LogP contribution in [0.15, 0.2) is 51.7 Å². The van der Waals surface area contributed by atoms with Gasteiger partial charge >= 0.3 is 0 Å². The van der Waals surface area contributed by atoms with Gasteiger partial charge in [0.2, 0.25) is 0 Å². The quantitative estimate of drug-likeness (QED) is 0.344. The summed E-state index contributed by atoms with van der Waals surface area (Å²) in [6.45, 7) is 2.09. The van der Waals surface area contributed by atoms with E-state index in [-0.39, 0.29) is 11.4 Å². The van der Waals surface area contributed by atoms with Crippen LogP contribution in [0, 0.1) is 5.82 Å². The second-order valence-corrected chi connectivity index (χ2v) is 8.70. The fourth-order valence-electron chi connectivity index (χ4n) is 2.81. The Morgan fingerprint density at radius 2 is 2.15 bits per heavy atom. The largest absolute Gasteiger partial charge is 0.301 e. The number of thioether (sulfide) groups is 1. The summed E-state index contributed by atoms with van der Waals surface area (Å²) in [4.78, 5) is 23.3. The van der Waals surface area contributed by atoms with Crippen LogP contribution in [-0.2, 0) is 12.2 Å². The number of aryl methyl sites for hydroxylation is 1. The van der Waals surface area contributed by atoms with E-state index in [9.17, 15) is 9.18 Å². The highest BCUT2D eigenvalue weighted by molar-refractivity contribution is 7.98. The number of nitrogens with one attached hydrogen (secondary N) is 1. The molecule has 0 aliphatic carbocycles. The number of aromatic amines is 1. The van der Waals surface area contributed by atoms with Gasteiger partial charge in [-0.15, -0.1) is 22.7 Å². The molecular weight excluding hydrogens is 387 g/mol. The number of nitrogens with zero attached hydrogens (tertiary/aromatic N) is 1. The fourth-order valence-corrected chi connectivity index (χ4v) is 5.67. The van der Waals surface area contributed by atoms with Crippen LogP contribution >= 0.6 is 34.4 Å². The number of aromatic nitrogens is 2. The molecule has 3 aromatic heterocycles. The summed E-state index contributed by atoms with van der Waals surface area (Å²) >= 11 is 4.62. The van der Waals surface area contributed by atoms with Crippen molar-refractivity contribution < 1.29 is 4.39 Å². The second-order valence-electron chi connectivity index (χ2n) is 5.70. The third-order valence-electron chi connectivity index (χ3n) is 3.97. The molecule has 0 unspecified atom stereocenters. The molecular formula is C19H15FN2OS3. The van der Waals surface area contributed by atoms with Crippen LogP contribution < -0.4 is 5.56 Å². The van der Waals surface area contributed by atoms with Crippen molar-refractivity contribution in [2.24, 2.45) is 0 Å². The molecule has 0 radical (unpaired) electrons. The maximum absolute atomic E-state index is 13.3. The summed E-state index contributed by atoms with van der Waals surface area (Å²) in [7, 11) is 0. The van der Waals surface area contributed by atoms with Crippen molar-refractivity contribution in [1.82, 2.24) is 9.97 Å². The van der Waals surface area contributed by atoms with Gasteiger partial charge in [0.05, 0.1) is 5.39 Å². The Morgan fingerprint density at radius 1 is 1.27 bits per heavy atom. The zero-order valence-electron chi connectivity index (χ0n) is 13.9. The minimum Gasteiger partial charge on any atom is -0.301 e. The van der Waals surface area contributed by atoms with E-state index in [4.69, 9.17) is 0 Å². The summed E-state index contributed by atoms with van der Waals surface area (Å²) in [5.41, 5.74) is 1.76. The Morgan fingerprint density at radius 3 is 2.88 bits per heavy atom. The van der Waals surface area contributed by atoms with Crippen molar-refractivity contribution in [3.8, 4) is 10.4 Å². The Labute approximate surface area is 161 Å². The molecule has 4 aromatic rings. The molecule has 1 aromatic carbocycles. The summed E-state index contributed by atoms with van der Waals surface area (Å²) in [6.07, 6.45) is 0.861. The number of benzene rings is 1. The van der Waals surface area contributed by atoms with Gasteiger partial charge in [-0.2, -0.15) is 0 Å². The van der Waals surface area contributed by atoms with Gasteiger partial charge in [0.25, 0.3) is 5.56 Å². The van der Waals surface area contributed by atoms with Crippen LogP contribution in [0.5, 0.6) is 0 Å². The molecule has 132 valence electrons. The Bertz CT molecular complexity index is 1120. The molecule has 0 aliphatic heterocycles. The molecule has 3 nitrogen and oxygen atoms in total. The molecule has 0 amide bonds. The van der Waals surface area contributed by atoms with Crippen LogP contribution in [0.25, 0.3) is 20.7 Å². The third-order valence-corrected chi connectivity index (χ3v) is 7.03. The first-order valence-electron chi connectivity index (χ1n) is 8.12. The van der Waals surface area contributed by atoms with Crippen molar-refractivity contribution in [1.29, 1.82) is 0 Å². The van der Waals surface area contributed by atoms with E-state index in [1.165, 1.54) is 28.8 Å². The fraction of sp³-hybridized carbons (Fsp3) is 0.158. The number of halogens is 1. The van der Waals surface area contributed by atoms with E-state index in [2.05, 4.69) is 16.9 Å². The van der Waals surface area contributed by atoms with E-state index < -0.39 is 0 Å². The lowest BCUT2D eigenvalue weighted by atomic mass is 10.1. The smallest absolute Gasteiger partial charge is 0.260 e. The zero-order chi connectivity index (χ0) is 18.1. The third kappa shape index (κ3) is 3.34. The summed E-state index contributed by atoms with van der Waals surface area (Å²) in [6, 6.07) is 10.5. The maximum Gasteiger partial charge on any atom is 0.260 e. The molecule has 0 aliphatic rings. The molecule has 0 saturated carbocycles. The molecule has 4 rings (SSSR count). The first-order chi connectivity index (χ1) is 12.7. The van der Waals surface area contributed by atoms with Gasteiger partial charge in [-0.25, -0.2) is 9.37 Å². The van der Waals surface area contributed by atoms with E-state index >= 15 is 0 Å². The average Bonchev–Trinajstić information content (AvgIpc) is 3.27. The first-order valence-corrected chi connectivity index (χ1v) is 10.8. The predicted octanol–water partition coefficient (Wildman–Crippen LogP) is 5.71. The van der Waals surface area contributed by atoms with Crippen molar-refractivity contribution in [3.63, 3.8) is 0 Å². The van der Waals surface area contributed by atoms with Gasteiger partial charge in [0, 0.05) is 21.1 Å². The van der Waals surface area contributed by atoms with Crippen LogP contribution in [0.4, 0.5) is 4.39 Å². The Kier molecular flexibility index (Phi) is 4.93. The van der Waals surface area contributed by atoms with E-state index in [0.29, 0.717) is 16.3 Å². The zero-order valence-corrected chi connectivity index (χ0v) is 16.4. The minimum absolute atomic E-state index is 0.115. The number of rotatable bonds is 5. The van der Waals surface area contributed by atoms with Gasteiger partial charge < -0.3 is 4.98 Å². The van der Waals surface area contributed by atoms with Gasteiger partial charge in [0.1, 0.15) is 10.6 Å². The summed E-state index contributed by atoms with van der Waals surface area (Å²) in [5.74, 6) is 0.294. The van der Waals surface area contributed by atoms with Crippen LogP contribution in [0.1, 0.15) is 17.4 Å². The standard InChI is InChI=1S/C19H15FN2OS3/c1-2-13-15(14-7-4-8-24-14)16-17(23)21-19(22-18(16)26-13)25-10-11-5-3-6-12(20)9-11/h3-9H,2,10H2,1H3,(H,21,22,23). The second kappa shape index (κ2) is 7.34. The lowest BCUT2D eigenvalue weighted by molar-refractivity contribution is 0.626. The van der Waals surface area contributed by atoms with Crippen molar-refractivity contribution >= 4 is 44.7 Å². The van der Waals surface area contributed by atoms with Gasteiger partial charge in [-0.05, 0) is 35.6 Å². The summed E-state index contributed by atoms with van der Waals surface area (Å²) in [5, 5.41) is 3.25. The maximum atomic E-state index is 13.3. The number of thiophene rings is 2.